The highest BCUT2D eigenvalue weighted by Crippen LogP contribution is 2.17. The number of hydrogen-bond donors (Lipinski definition) is 1. The molecule has 1 aromatic carbocycles. The van der Waals surface area contributed by atoms with Crippen molar-refractivity contribution in [3.05, 3.63) is 35.9 Å². The van der Waals surface area contributed by atoms with Gasteiger partial charge in [-0.3, -0.25) is 4.79 Å². The fourth-order valence-corrected chi connectivity index (χ4v) is 2.75. The maximum atomic E-state index is 12.4. The molecule has 1 rings (SSSR count). The summed E-state index contributed by atoms with van der Waals surface area (Å²) in [5.74, 6) is 0.0808. The molecule has 0 aliphatic carbocycles. The van der Waals surface area contributed by atoms with Gasteiger partial charge in [-0.1, -0.05) is 37.3 Å². The molecule has 0 heterocycles. The standard InChI is InChI=1S/C18H29NO2/c1-13(2)19(14(3)4)18(21)11-15(5)17(20)12-16-9-7-6-8-10-16/h6-10,13-15,17,20H,11-12H2,1-5H3/t15-,17-/m1/s1. The maximum Gasteiger partial charge on any atom is 0.223 e. The molecule has 21 heavy (non-hydrogen) atoms. The number of aliphatic hydroxyl groups excluding tert-OH is 1. The van der Waals surface area contributed by atoms with Crippen LogP contribution in [0, 0.1) is 5.92 Å². The number of nitrogens with zero attached hydrogens (tertiary/aromatic N) is 1. The molecule has 1 amide bonds. The van der Waals surface area contributed by atoms with Crippen LogP contribution in [0.2, 0.25) is 0 Å². The first-order valence-electron chi connectivity index (χ1n) is 7.86. The third-order valence-corrected chi connectivity index (χ3v) is 3.84. The molecule has 0 fully saturated rings. The van der Waals surface area contributed by atoms with Crippen molar-refractivity contribution in [2.75, 3.05) is 0 Å². The molecule has 0 radical (unpaired) electrons. The zero-order chi connectivity index (χ0) is 16.0. The van der Waals surface area contributed by atoms with Crippen molar-refractivity contribution >= 4 is 5.91 Å². The van der Waals surface area contributed by atoms with Gasteiger partial charge in [0.2, 0.25) is 5.91 Å². The van der Waals surface area contributed by atoms with Crippen molar-refractivity contribution < 1.29 is 9.90 Å². The normalized spacial score (nSPS) is 14.3. The van der Waals surface area contributed by atoms with E-state index in [1.54, 1.807) is 0 Å². The van der Waals surface area contributed by atoms with E-state index in [0.717, 1.165) is 5.56 Å². The third-order valence-electron chi connectivity index (χ3n) is 3.84. The van der Waals surface area contributed by atoms with Gasteiger partial charge >= 0.3 is 0 Å². The summed E-state index contributed by atoms with van der Waals surface area (Å²) in [6, 6.07) is 10.3. The highest BCUT2D eigenvalue weighted by Gasteiger charge is 2.24. The molecule has 2 atom stereocenters. The van der Waals surface area contributed by atoms with Gasteiger partial charge in [0.05, 0.1) is 6.10 Å². The average molecular weight is 291 g/mol. The molecular weight excluding hydrogens is 262 g/mol. The Bertz CT molecular complexity index is 420. The van der Waals surface area contributed by atoms with Crippen LogP contribution in [0.1, 0.15) is 46.6 Å². The quantitative estimate of drug-likeness (QED) is 0.837. The SMILES string of the molecule is CC(C)N(C(=O)C[C@@H](C)[C@H](O)Cc1ccccc1)C(C)C. The Morgan fingerprint density at radius 3 is 2.05 bits per heavy atom. The van der Waals surface area contributed by atoms with Gasteiger partial charge in [-0.05, 0) is 45.6 Å². The van der Waals surface area contributed by atoms with Gasteiger partial charge in [0, 0.05) is 18.5 Å². The minimum Gasteiger partial charge on any atom is -0.392 e. The van der Waals surface area contributed by atoms with Crippen LogP contribution in [0.5, 0.6) is 0 Å². The highest BCUT2D eigenvalue weighted by molar-refractivity contribution is 5.77. The maximum absolute atomic E-state index is 12.4. The molecule has 0 aromatic heterocycles. The van der Waals surface area contributed by atoms with Crippen LogP contribution in [-0.4, -0.2) is 34.1 Å². The minimum absolute atomic E-state index is 0.0438. The number of aliphatic hydroxyl groups is 1. The van der Waals surface area contributed by atoms with Crippen molar-refractivity contribution in [1.82, 2.24) is 4.90 Å². The average Bonchev–Trinajstić information content (AvgIpc) is 2.38. The number of rotatable bonds is 7. The van der Waals surface area contributed by atoms with Gasteiger partial charge in [-0.25, -0.2) is 0 Å². The fraction of sp³-hybridized carbons (Fsp3) is 0.611. The number of hydrogen-bond acceptors (Lipinski definition) is 2. The number of benzene rings is 1. The van der Waals surface area contributed by atoms with E-state index in [-0.39, 0.29) is 23.9 Å². The van der Waals surface area contributed by atoms with E-state index in [9.17, 15) is 9.90 Å². The zero-order valence-corrected chi connectivity index (χ0v) is 13.9. The summed E-state index contributed by atoms with van der Waals surface area (Å²) in [6.45, 7) is 10.1. The Kier molecular flexibility index (Phi) is 6.90. The second-order valence-electron chi connectivity index (χ2n) is 6.43. The summed E-state index contributed by atoms with van der Waals surface area (Å²) in [7, 11) is 0. The van der Waals surface area contributed by atoms with Crippen molar-refractivity contribution in [1.29, 1.82) is 0 Å². The number of carbonyl (C=O) groups is 1. The zero-order valence-electron chi connectivity index (χ0n) is 13.9. The van der Waals surface area contributed by atoms with Gasteiger partial charge in [-0.2, -0.15) is 0 Å². The van der Waals surface area contributed by atoms with E-state index >= 15 is 0 Å². The van der Waals surface area contributed by atoms with E-state index in [1.807, 2.05) is 69.9 Å². The first kappa shape index (κ1) is 17.7. The lowest BCUT2D eigenvalue weighted by Crippen LogP contribution is -2.43. The molecule has 0 saturated carbocycles. The summed E-state index contributed by atoms with van der Waals surface area (Å²) in [5.41, 5.74) is 1.11. The largest absolute Gasteiger partial charge is 0.392 e. The second kappa shape index (κ2) is 8.18. The topological polar surface area (TPSA) is 40.5 Å². The minimum atomic E-state index is -0.488. The predicted octanol–water partition coefficient (Wildman–Crippen LogP) is 3.26. The first-order valence-corrected chi connectivity index (χ1v) is 7.86. The molecule has 1 aromatic rings. The molecule has 0 aliphatic heterocycles. The van der Waals surface area contributed by atoms with Crippen LogP contribution in [0.4, 0.5) is 0 Å². The van der Waals surface area contributed by atoms with Crippen LogP contribution < -0.4 is 0 Å². The van der Waals surface area contributed by atoms with E-state index in [2.05, 4.69) is 0 Å². The van der Waals surface area contributed by atoms with E-state index in [4.69, 9.17) is 0 Å². The summed E-state index contributed by atoms with van der Waals surface area (Å²) >= 11 is 0. The Morgan fingerprint density at radius 2 is 1.57 bits per heavy atom. The first-order chi connectivity index (χ1) is 9.82. The van der Waals surface area contributed by atoms with Gasteiger partial charge in [0.25, 0.3) is 0 Å². The molecule has 0 saturated heterocycles. The highest BCUT2D eigenvalue weighted by atomic mass is 16.3. The van der Waals surface area contributed by atoms with Crippen LogP contribution >= 0.6 is 0 Å². The monoisotopic (exact) mass is 291 g/mol. The Balaban J connectivity index is 2.59. The summed E-state index contributed by atoms with van der Waals surface area (Å²) in [4.78, 5) is 14.3. The summed E-state index contributed by atoms with van der Waals surface area (Å²) in [6.07, 6.45) is 0.501. The molecule has 0 spiro atoms. The second-order valence-corrected chi connectivity index (χ2v) is 6.43. The van der Waals surface area contributed by atoms with E-state index in [0.29, 0.717) is 12.8 Å². The van der Waals surface area contributed by atoms with Gasteiger partial charge in [0.15, 0.2) is 0 Å². The van der Waals surface area contributed by atoms with Crippen LogP contribution in [-0.2, 0) is 11.2 Å². The molecular formula is C18H29NO2. The molecule has 1 N–H and O–H groups in total. The molecule has 3 nitrogen and oxygen atoms in total. The van der Waals surface area contributed by atoms with Gasteiger partial charge < -0.3 is 10.0 Å². The Labute approximate surface area is 129 Å². The number of carbonyl (C=O) groups excluding carboxylic acids is 1. The van der Waals surface area contributed by atoms with Crippen molar-refractivity contribution in [2.45, 2.75) is 65.6 Å². The Morgan fingerprint density at radius 1 is 1.05 bits per heavy atom. The lowest BCUT2D eigenvalue weighted by molar-refractivity contribution is -0.136. The lowest BCUT2D eigenvalue weighted by atomic mass is 9.94. The van der Waals surface area contributed by atoms with E-state index in [1.165, 1.54) is 0 Å². The van der Waals surface area contributed by atoms with E-state index < -0.39 is 6.10 Å². The molecule has 0 unspecified atom stereocenters. The Hall–Kier alpha value is -1.35. The summed E-state index contributed by atoms with van der Waals surface area (Å²) < 4.78 is 0. The summed E-state index contributed by atoms with van der Waals surface area (Å²) in [5, 5.41) is 10.3. The van der Waals surface area contributed by atoms with Crippen molar-refractivity contribution in [2.24, 2.45) is 5.92 Å². The van der Waals surface area contributed by atoms with Crippen molar-refractivity contribution in [3.63, 3.8) is 0 Å². The van der Waals surface area contributed by atoms with Crippen LogP contribution in [0.3, 0.4) is 0 Å². The van der Waals surface area contributed by atoms with Gasteiger partial charge in [0.1, 0.15) is 0 Å². The fourth-order valence-electron chi connectivity index (χ4n) is 2.75. The third kappa shape index (κ3) is 5.50. The lowest BCUT2D eigenvalue weighted by Gasteiger charge is -2.32. The van der Waals surface area contributed by atoms with Gasteiger partial charge in [-0.15, -0.1) is 0 Å². The molecule has 3 heteroatoms. The number of amides is 1. The van der Waals surface area contributed by atoms with Crippen LogP contribution in [0.25, 0.3) is 0 Å². The predicted molar refractivity (Wildman–Crippen MR) is 87.1 cm³/mol. The molecule has 0 aliphatic rings. The van der Waals surface area contributed by atoms with Crippen LogP contribution in [0.15, 0.2) is 30.3 Å². The molecule has 0 bridgehead atoms. The molecule has 118 valence electrons. The van der Waals surface area contributed by atoms with Crippen molar-refractivity contribution in [3.8, 4) is 0 Å². The smallest absolute Gasteiger partial charge is 0.223 e.